The second-order valence-corrected chi connectivity index (χ2v) is 10.1. The molecule has 0 bridgehead atoms. The van der Waals surface area contributed by atoms with E-state index in [1.165, 1.54) is 61.2 Å². The predicted octanol–water partition coefficient (Wildman–Crippen LogP) is 7.31. The highest BCUT2D eigenvalue weighted by Crippen LogP contribution is 2.33. The van der Waals surface area contributed by atoms with E-state index in [1.54, 1.807) is 0 Å². The number of nitrogens with zero attached hydrogens (tertiary/aromatic N) is 4. The van der Waals surface area contributed by atoms with Crippen LogP contribution in [0.5, 0.6) is 0 Å². The van der Waals surface area contributed by atoms with Crippen LogP contribution in [0.3, 0.4) is 0 Å². The van der Waals surface area contributed by atoms with Crippen LogP contribution in [0.25, 0.3) is 27.7 Å². The van der Waals surface area contributed by atoms with E-state index in [1.807, 2.05) is 6.20 Å². The molecule has 5 rings (SSSR count). The Morgan fingerprint density at radius 2 is 1.70 bits per heavy atom. The summed E-state index contributed by atoms with van der Waals surface area (Å²) in [6.07, 6.45) is 7.29. The maximum atomic E-state index is 4.85. The lowest BCUT2D eigenvalue weighted by atomic mass is 9.91. The van der Waals surface area contributed by atoms with E-state index < -0.39 is 0 Å². The Labute approximate surface area is 197 Å². The fraction of sp³-hybridized carbons (Fsp3) is 0.448. The van der Waals surface area contributed by atoms with Crippen molar-refractivity contribution in [2.45, 2.75) is 66.2 Å². The van der Waals surface area contributed by atoms with Crippen molar-refractivity contribution < 1.29 is 0 Å². The van der Waals surface area contributed by atoms with E-state index in [9.17, 15) is 0 Å². The Hall–Kier alpha value is -2.88. The molecule has 0 N–H and O–H groups in total. The van der Waals surface area contributed by atoms with Crippen LogP contribution in [0.2, 0.25) is 0 Å². The van der Waals surface area contributed by atoms with Crippen molar-refractivity contribution in [3.63, 3.8) is 0 Å². The Bertz CT molecular complexity index is 1290. The van der Waals surface area contributed by atoms with E-state index in [-0.39, 0.29) is 0 Å². The minimum absolute atomic E-state index is 0.350. The summed E-state index contributed by atoms with van der Waals surface area (Å²) in [6.45, 7) is 13.4. The average molecular weight is 441 g/mol. The first-order chi connectivity index (χ1) is 16.0. The summed E-state index contributed by atoms with van der Waals surface area (Å²) >= 11 is 0. The highest BCUT2D eigenvalue weighted by molar-refractivity contribution is 5.85. The second kappa shape index (κ2) is 8.81. The molecular weight excluding hydrogens is 404 g/mol. The molecule has 2 aromatic carbocycles. The highest BCUT2D eigenvalue weighted by atomic mass is 15.1. The van der Waals surface area contributed by atoms with E-state index in [0.717, 1.165) is 34.0 Å². The molecule has 1 saturated heterocycles. The Morgan fingerprint density at radius 3 is 2.39 bits per heavy atom. The number of benzene rings is 2. The number of imidazole rings is 1. The zero-order valence-electron chi connectivity index (χ0n) is 20.7. The van der Waals surface area contributed by atoms with Crippen LogP contribution in [0, 0.1) is 19.8 Å². The summed E-state index contributed by atoms with van der Waals surface area (Å²) in [4.78, 5) is 12.2. The highest BCUT2D eigenvalue weighted by Gasteiger charge is 2.20. The second-order valence-electron chi connectivity index (χ2n) is 10.1. The van der Waals surface area contributed by atoms with Gasteiger partial charge in [0.2, 0.25) is 0 Å². The van der Waals surface area contributed by atoms with Crippen LogP contribution in [0.4, 0.5) is 5.69 Å². The van der Waals surface area contributed by atoms with Crippen LogP contribution in [-0.2, 0) is 0 Å². The quantitative estimate of drug-likeness (QED) is 0.326. The Morgan fingerprint density at radius 1 is 0.970 bits per heavy atom. The fourth-order valence-corrected chi connectivity index (χ4v) is 5.54. The van der Waals surface area contributed by atoms with E-state index >= 15 is 0 Å². The van der Waals surface area contributed by atoms with Gasteiger partial charge in [-0.15, -0.1) is 0 Å². The summed E-state index contributed by atoms with van der Waals surface area (Å²) in [6, 6.07) is 13.6. The lowest BCUT2D eigenvalue weighted by Crippen LogP contribution is -2.34. The van der Waals surface area contributed by atoms with Crippen LogP contribution in [0.1, 0.15) is 69.5 Å². The van der Waals surface area contributed by atoms with Gasteiger partial charge in [-0.2, -0.15) is 0 Å². The number of aryl methyl sites for hydroxylation is 2. The van der Waals surface area contributed by atoms with E-state index in [0.29, 0.717) is 5.92 Å². The zero-order chi connectivity index (χ0) is 23.1. The first-order valence-corrected chi connectivity index (χ1v) is 12.6. The number of fused-ring (bicyclic) bond motifs is 3. The molecule has 4 heteroatoms. The third kappa shape index (κ3) is 4.01. The largest absolute Gasteiger partial charge is 0.371 e. The summed E-state index contributed by atoms with van der Waals surface area (Å²) < 4.78 is 2.30. The molecule has 1 aliphatic rings. The lowest BCUT2D eigenvalue weighted by Gasteiger charge is -2.34. The van der Waals surface area contributed by atoms with Crippen LogP contribution in [-0.4, -0.2) is 27.5 Å². The van der Waals surface area contributed by atoms with Crippen LogP contribution >= 0.6 is 0 Å². The SMILES string of the molecule is CCCC1CCN(c2ccc(-c3ccc4ncc5c(C)nc(C(C)C)n5c4c3)cc2C)CC1. The first-order valence-electron chi connectivity index (χ1n) is 12.6. The normalized spacial score (nSPS) is 15.3. The van der Waals surface area contributed by atoms with Gasteiger partial charge in [0, 0.05) is 24.7 Å². The number of hydrogen-bond acceptors (Lipinski definition) is 3. The Balaban J connectivity index is 1.50. The summed E-state index contributed by atoms with van der Waals surface area (Å²) in [5, 5.41) is 0. The third-order valence-corrected chi connectivity index (χ3v) is 7.36. The molecular formula is C29H36N4. The molecule has 3 heterocycles. The molecule has 0 saturated carbocycles. The first kappa shape index (κ1) is 21.9. The number of aromatic nitrogens is 3. The van der Waals surface area contributed by atoms with Crippen molar-refractivity contribution in [1.29, 1.82) is 0 Å². The molecule has 0 atom stereocenters. The molecule has 0 radical (unpaired) electrons. The molecule has 4 nitrogen and oxygen atoms in total. The summed E-state index contributed by atoms with van der Waals surface area (Å²) in [5.74, 6) is 2.37. The minimum Gasteiger partial charge on any atom is -0.371 e. The maximum absolute atomic E-state index is 4.85. The van der Waals surface area contributed by atoms with Crippen LogP contribution in [0.15, 0.2) is 42.6 Å². The zero-order valence-corrected chi connectivity index (χ0v) is 20.7. The molecule has 33 heavy (non-hydrogen) atoms. The molecule has 1 aliphatic heterocycles. The molecule has 4 aromatic rings. The molecule has 0 amide bonds. The topological polar surface area (TPSA) is 33.4 Å². The van der Waals surface area contributed by atoms with Gasteiger partial charge in [0.1, 0.15) is 5.82 Å². The van der Waals surface area contributed by atoms with Crippen molar-refractivity contribution >= 4 is 22.2 Å². The van der Waals surface area contributed by atoms with E-state index in [4.69, 9.17) is 9.97 Å². The van der Waals surface area contributed by atoms with Crippen molar-refractivity contribution in [3.05, 3.63) is 59.7 Å². The fourth-order valence-electron chi connectivity index (χ4n) is 5.54. The lowest BCUT2D eigenvalue weighted by molar-refractivity contribution is 0.378. The monoisotopic (exact) mass is 440 g/mol. The average Bonchev–Trinajstić information content (AvgIpc) is 3.17. The maximum Gasteiger partial charge on any atom is 0.116 e. The number of anilines is 1. The standard InChI is InChI=1S/C29H36N4/c1-6-7-22-12-14-32(15-13-22)26-11-9-23(16-20(26)4)24-8-10-25-27(17-24)33-28(18-30-25)21(5)31-29(33)19(2)3/h8-11,16-19,22H,6-7,12-15H2,1-5H3. The molecule has 1 fully saturated rings. The third-order valence-electron chi connectivity index (χ3n) is 7.36. The van der Waals surface area contributed by atoms with Gasteiger partial charge in [0.25, 0.3) is 0 Å². The predicted molar refractivity (Wildman–Crippen MR) is 139 cm³/mol. The summed E-state index contributed by atoms with van der Waals surface area (Å²) in [7, 11) is 0. The molecule has 2 aromatic heterocycles. The van der Waals surface area contributed by atoms with Gasteiger partial charge >= 0.3 is 0 Å². The molecule has 172 valence electrons. The molecule has 0 aliphatic carbocycles. The number of rotatable bonds is 5. The van der Waals surface area contributed by atoms with Crippen molar-refractivity contribution in [1.82, 2.24) is 14.4 Å². The van der Waals surface area contributed by atoms with Crippen LogP contribution < -0.4 is 4.90 Å². The van der Waals surface area contributed by atoms with Gasteiger partial charge in [-0.1, -0.05) is 45.7 Å². The smallest absolute Gasteiger partial charge is 0.116 e. The molecule has 0 spiro atoms. The van der Waals surface area contributed by atoms with E-state index in [2.05, 4.69) is 80.3 Å². The molecule has 0 unspecified atom stereocenters. The van der Waals surface area contributed by atoms with Crippen molar-refractivity contribution in [3.8, 4) is 11.1 Å². The van der Waals surface area contributed by atoms with Gasteiger partial charge in [0.15, 0.2) is 0 Å². The van der Waals surface area contributed by atoms with Crippen molar-refractivity contribution in [2.75, 3.05) is 18.0 Å². The number of hydrogen-bond donors (Lipinski definition) is 0. The van der Waals surface area contributed by atoms with Gasteiger partial charge < -0.3 is 4.90 Å². The van der Waals surface area contributed by atoms with Gasteiger partial charge in [-0.3, -0.25) is 9.38 Å². The van der Waals surface area contributed by atoms with Gasteiger partial charge in [0.05, 0.1) is 28.4 Å². The van der Waals surface area contributed by atoms with Gasteiger partial charge in [-0.25, -0.2) is 4.98 Å². The Kier molecular flexibility index (Phi) is 5.86. The van der Waals surface area contributed by atoms with Gasteiger partial charge in [-0.05, 0) is 73.6 Å². The summed E-state index contributed by atoms with van der Waals surface area (Å²) in [5.41, 5.74) is 9.53. The minimum atomic E-state index is 0.350. The van der Waals surface area contributed by atoms with Crippen molar-refractivity contribution in [2.24, 2.45) is 5.92 Å². The number of piperidine rings is 1.